The van der Waals surface area contributed by atoms with Gasteiger partial charge in [-0.15, -0.1) is 0 Å². The maximum atomic E-state index is 13.6. The minimum atomic E-state index is -0.222. The zero-order valence-electron chi connectivity index (χ0n) is 12.8. The fourth-order valence-electron chi connectivity index (χ4n) is 1.97. The van der Waals surface area contributed by atoms with Crippen LogP contribution in [0.3, 0.4) is 0 Å². The summed E-state index contributed by atoms with van der Waals surface area (Å²) in [4.78, 5) is 4.13. The molecule has 2 aromatic carbocycles. The maximum absolute atomic E-state index is 13.6. The monoisotopic (exact) mass is 301 g/mol. The molecule has 0 aliphatic rings. The lowest BCUT2D eigenvalue weighted by Gasteiger charge is -2.12. The molecule has 0 bridgehead atoms. The Hall–Kier alpha value is -2.56. The second-order valence-corrected chi connectivity index (χ2v) is 4.72. The standard InChI is InChI=1S/C17H20FN3O/c1-19-17(21-12-14-5-3-4-6-16(14)18)20-11-13-7-9-15(22-2)10-8-13/h3-10H,11-12H2,1-2H3,(H2,19,20,21). The van der Waals surface area contributed by atoms with E-state index in [1.807, 2.05) is 30.3 Å². The summed E-state index contributed by atoms with van der Waals surface area (Å²) < 4.78 is 18.7. The van der Waals surface area contributed by atoms with E-state index < -0.39 is 0 Å². The molecule has 2 aromatic rings. The van der Waals surface area contributed by atoms with Gasteiger partial charge < -0.3 is 15.4 Å². The Morgan fingerprint density at radius 2 is 1.73 bits per heavy atom. The van der Waals surface area contributed by atoms with E-state index in [2.05, 4.69) is 15.6 Å². The molecule has 0 aliphatic carbocycles. The summed E-state index contributed by atoms with van der Waals surface area (Å²) in [5, 5.41) is 6.28. The van der Waals surface area contributed by atoms with Gasteiger partial charge in [0.1, 0.15) is 11.6 Å². The van der Waals surface area contributed by atoms with Crippen LogP contribution in [0.5, 0.6) is 5.75 Å². The number of methoxy groups -OCH3 is 1. The number of halogens is 1. The molecule has 0 radical (unpaired) electrons. The SMILES string of the molecule is CN=C(NCc1ccc(OC)cc1)NCc1ccccc1F. The number of aliphatic imine (C=N–C) groups is 1. The van der Waals surface area contributed by atoms with Crippen LogP contribution in [0.4, 0.5) is 4.39 Å². The van der Waals surface area contributed by atoms with Crippen LogP contribution in [0.2, 0.25) is 0 Å². The van der Waals surface area contributed by atoms with Gasteiger partial charge in [-0.3, -0.25) is 4.99 Å². The maximum Gasteiger partial charge on any atom is 0.191 e. The van der Waals surface area contributed by atoms with Crippen LogP contribution in [0.15, 0.2) is 53.5 Å². The van der Waals surface area contributed by atoms with Crippen LogP contribution in [0, 0.1) is 5.82 Å². The number of hydrogen-bond acceptors (Lipinski definition) is 2. The van der Waals surface area contributed by atoms with Crippen molar-refractivity contribution in [1.29, 1.82) is 0 Å². The molecule has 0 saturated carbocycles. The summed E-state index contributed by atoms with van der Waals surface area (Å²) in [7, 11) is 3.33. The van der Waals surface area contributed by atoms with Gasteiger partial charge in [0.15, 0.2) is 5.96 Å². The van der Waals surface area contributed by atoms with Gasteiger partial charge in [0.25, 0.3) is 0 Å². The lowest BCUT2D eigenvalue weighted by atomic mass is 10.2. The average molecular weight is 301 g/mol. The third-order valence-corrected chi connectivity index (χ3v) is 3.25. The van der Waals surface area contributed by atoms with Crippen LogP contribution in [0.1, 0.15) is 11.1 Å². The van der Waals surface area contributed by atoms with Crippen molar-refractivity contribution >= 4 is 5.96 Å². The van der Waals surface area contributed by atoms with E-state index in [4.69, 9.17) is 4.74 Å². The molecule has 0 unspecified atom stereocenters. The minimum absolute atomic E-state index is 0.222. The van der Waals surface area contributed by atoms with Gasteiger partial charge in [0, 0.05) is 25.7 Å². The molecule has 0 heterocycles. The Bertz CT molecular complexity index is 626. The second-order valence-electron chi connectivity index (χ2n) is 4.72. The third kappa shape index (κ3) is 4.48. The Morgan fingerprint density at radius 1 is 1.05 bits per heavy atom. The first-order valence-corrected chi connectivity index (χ1v) is 7.04. The first-order chi connectivity index (χ1) is 10.7. The topological polar surface area (TPSA) is 45.7 Å². The van der Waals surface area contributed by atoms with Crippen LogP contribution in [0.25, 0.3) is 0 Å². The van der Waals surface area contributed by atoms with Crippen molar-refractivity contribution in [2.24, 2.45) is 4.99 Å². The predicted molar refractivity (Wildman–Crippen MR) is 86.4 cm³/mol. The zero-order chi connectivity index (χ0) is 15.8. The quantitative estimate of drug-likeness (QED) is 0.659. The van der Waals surface area contributed by atoms with Crippen LogP contribution in [-0.4, -0.2) is 20.1 Å². The first kappa shape index (κ1) is 15.8. The van der Waals surface area contributed by atoms with Gasteiger partial charge in [-0.1, -0.05) is 30.3 Å². The molecule has 0 aliphatic heterocycles. The van der Waals surface area contributed by atoms with Crippen molar-refractivity contribution in [1.82, 2.24) is 10.6 Å². The van der Waals surface area contributed by atoms with Gasteiger partial charge in [0.05, 0.1) is 7.11 Å². The minimum Gasteiger partial charge on any atom is -0.497 e. The van der Waals surface area contributed by atoms with Crippen molar-refractivity contribution in [3.05, 3.63) is 65.5 Å². The van der Waals surface area contributed by atoms with Crippen LogP contribution in [-0.2, 0) is 13.1 Å². The molecule has 0 fully saturated rings. The molecule has 22 heavy (non-hydrogen) atoms. The van der Waals surface area contributed by atoms with Crippen LogP contribution >= 0.6 is 0 Å². The molecular formula is C17H20FN3O. The number of hydrogen-bond donors (Lipinski definition) is 2. The lowest BCUT2D eigenvalue weighted by Crippen LogP contribution is -2.36. The molecule has 0 amide bonds. The highest BCUT2D eigenvalue weighted by Crippen LogP contribution is 2.11. The van der Waals surface area contributed by atoms with Gasteiger partial charge in [0.2, 0.25) is 0 Å². The normalized spacial score (nSPS) is 11.1. The molecule has 4 nitrogen and oxygen atoms in total. The number of nitrogens with zero attached hydrogens (tertiary/aromatic N) is 1. The molecular weight excluding hydrogens is 281 g/mol. The van der Waals surface area contributed by atoms with E-state index in [1.165, 1.54) is 6.07 Å². The fraction of sp³-hybridized carbons (Fsp3) is 0.235. The molecule has 5 heteroatoms. The van der Waals surface area contributed by atoms with E-state index in [1.54, 1.807) is 26.3 Å². The fourth-order valence-corrected chi connectivity index (χ4v) is 1.97. The van der Waals surface area contributed by atoms with Crippen molar-refractivity contribution in [3.63, 3.8) is 0 Å². The van der Waals surface area contributed by atoms with Crippen molar-refractivity contribution in [2.45, 2.75) is 13.1 Å². The molecule has 0 atom stereocenters. The number of benzene rings is 2. The molecule has 0 saturated heterocycles. The number of rotatable bonds is 5. The van der Waals surface area contributed by atoms with Crippen molar-refractivity contribution in [2.75, 3.05) is 14.2 Å². The molecule has 0 spiro atoms. The Kier molecular flexibility index (Phi) is 5.77. The van der Waals surface area contributed by atoms with Crippen molar-refractivity contribution < 1.29 is 9.13 Å². The summed E-state index contributed by atoms with van der Waals surface area (Å²) in [5.41, 5.74) is 1.71. The Morgan fingerprint density at radius 3 is 2.36 bits per heavy atom. The number of nitrogens with one attached hydrogen (secondary N) is 2. The molecule has 2 rings (SSSR count). The van der Waals surface area contributed by atoms with Gasteiger partial charge in [-0.05, 0) is 23.8 Å². The number of ether oxygens (including phenoxy) is 1. The summed E-state index contributed by atoms with van der Waals surface area (Å²) in [6.07, 6.45) is 0. The van der Waals surface area contributed by atoms with E-state index in [-0.39, 0.29) is 5.82 Å². The smallest absolute Gasteiger partial charge is 0.191 e. The van der Waals surface area contributed by atoms with E-state index in [9.17, 15) is 4.39 Å². The highest BCUT2D eigenvalue weighted by atomic mass is 19.1. The number of guanidine groups is 1. The highest BCUT2D eigenvalue weighted by Gasteiger charge is 2.03. The average Bonchev–Trinajstić information content (AvgIpc) is 2.57. The second kappa shape index (κ2) is 8.02. The Balaban J connectivity index is 1.86. The van der Waals surface area contributed by atoms with Crippen molar-refractivity contribution in [3.8, 4) is 5.75 Å². The summed E-state index contributed by atoms with van der Waals surface area (Å²) >= 11 is 0. The molecule has 2 N–H and O–H groups in total. The highest BCUT2D eigenvalue weighted by molar-refractivity contribution is 5.79. The predicted octanol–water partition coefficient (Wildman–Crippen LogP) is 2.70. The largest absolute Gasteiger partial charge is 0.497 e. The van der Waals surface area contributed by atoms with Gasteiger partial charge in [-0.2, -0.15) is 0 Å². The van der Waals surface area contributed by atoms with E-state index in [0.29, 0.717) is 24.6 Å². The van der Waals surface area contributed by atoms with Gasteiger partial charge in [-0.25, -0.2) is 4.39 Å². The summed E-state index contributed by atoms with van der Waals surface area (Å²) in [6, 6.07) is 14.5. The Labute approximate surface area is 130 Å². The zero-order valence-corrected chi connectivity index (χ0v) is 12.8. The first-order valence-electron chi connectivity index (χ1n) is 7.04. The molecule has 116 valence electrons. The molecule has 0 aromatic heterocycles. The third-order valence-electron chi connectivity index (χ3n) is 3.25. The van der Waals surface area contributed by atoms with E-state index in [0.717, 1.165) is 11.3 Å². The lowest BCUT2D eigenvalue weighted by molar-refractivity contribution is 0.414. The van der Waals surface area contributed by atoms with Gasteiger partial charge >= 0.3 is 0 Å². The van der Waals surface area contributed by atoms with Crippen LogP contribution < -0.4 is 15.4 Å². The van der Waals surface area contributed by atoms with E-state index >= 15 is 0 Å². The summed E-state index contributed by atoms with van der Waals surface area (Å²) in [6.45, 7) is 1.01. The summed E-state index contributed by atoms with van der Waals surface area (Å²) in [5.74, 6) is 1.23.